The Kier molecular flexibility index (Phi) is 5.10. The van der Waals surface area contributed by atoms with E-state index in [0.29, 0.717) is 11.3 Å². The van der Waals surface area contributed by atoms with E-state index in [0.717, 1.165) is 9.60 Å². The molecule has 0 saturated carbocycles. The summed E-state index contributed by atoms with van der Waals surface area (Å²) < 4.78 is 20.9. The van der Waals surface area contributed by atoms with Gasteiger partial charge in [0.15, 0.2) is 16.7 Å². The SMILES string of the molecule is COc1ccc2nc(N3C(=O)C(O)=C(C(=O)c4cccnc4)C3c3ccccc3F)sc2c1. The van der Waals surface area contributed by atoms with Crippen LogP contribution in [-0.4, -0.2) is 33.9 Å². The average Bonchev–Trinajstić information content (AvgIpc) is 3.37. The number of ketones is 1. The number of carbonyl (C=O) groups excluding carboxylic acids is 2. The number of hydrogen-bond acceptors (Lipinski definition) is 7. The number of halogens is 1. The first kappa shape index (κ1) is 20.8. The zero-order valence-corrected chi connectivity index (χ0v) is 18.0. The molecule has 1 N–H and O–H groups in total. The van der Waals surface area contributed by atoms with Gasteiger partial charge in [-0.15, -0.1) is 0 Å². The predicted molar refractivity (Wildman–Crippen MR) is 121 cm³/mol. The molecule has 0 radical (unpaired) electrons. The van der Waals surface area contributed by atoms with E-state index in [-0.39, 0.29) is 21.8 Å². The number of nitrogens with zero attached hydrogens (tertiary/aromatic N) is 3. The first-order chi connectivity index (χ1) is 16.0. The molecule has 0 saturated heterocycles. The number of amides is 1. The smallest absolute Gasteiger partial charge is 0.296 e. The largest absolute Gasteiger partial charge is 0.503 e. The van der Waals surface area contributed by atoms with Gasteiger partial charge in [0.05, 0.1) is 22.9 Å². The van der Waals surface area contributed by atoms with Gasteiger partial charge in [-0.1, -0.05) is 29.5 Å². The van der Waals surface area contributed by atoms with E-state index in [9.17, 15) is 19.1 Å². The van der Waals surface area contributed by atoms with E-state index >= 15 is 0 Å². The molecule has 0 spiro atoms. The van der Waals surface area contributed by atoms with Gasteiger partial charge in [-0.05, 0) is 36.4 Å². The van der Waals surface area contributed by atoms with Gasteiger partial charge in [-0.25, -0.2) is 9.37 Å². The quantitative estimate of drug-likeness (QED) is 0.436. The molecule has 33 heavy (non-hydrogen) atoms. The molecule has 0 fully saturated rings. The Hall–Kier alpha value is -4.11. The van der Waals surface area contributed by atoms with Gasteiger partial charge in [0.25, 0.3) is 5.91 Å². The van der Waals surface area contributed by atoms with Crippen molar-refractivity contribution in [3.05, 3.63) is 95.3 Å². The number of pyridine rings is 1. The van der Waals surface area contributed by atoms with Crippen molar-refractivity contribution in [3.8, 4) is 5.75 Å². The zero-order valence-electron chi connectivity index (χ0n) is 17.2. The molecular formula is C24H16FN3O4S. The normalized spacial score (nSPS) is 16.0. The molecule has 3 heterocycles. The fraction of sp³-hybridized carbons (Fsp3) is 0.0833. The van der Waals surface area contributed by atoms with Crippen LogP contribution in [0.15, 0.2) is 78.3 Å². The van der Waals surface area contributed by atoms with Crippen LogP contribution in [0.5, 0.6) is 5.75 Å². The fourth-order valence-electron chi connectivity index (χ4n) is 3.80. The maximum atomic E-state index is 14.9. The highest BCUT2D eigenvalue weighted by Gasteiger charge is 2.46. The minimum Gasteiger partial charge on any atom is -0.503 e. The Morgan fingerprint density at radius 1 is 1.18 bits per heavy atom. The number of rotatable bonds is 5. The minimum atomic E-state index is -1.20. The van der Waals surface area contributed by atoms with Crippen molar-refractivity contribution in [1.29, 1.82) is 0 Å². The second-order valence-electron chi connectivity index (χ2n) is 7.26. The number of thiazole rings is 1. The highest BCUT2D eigenvalue weighted by atomic mass is 32.1. The summed E-state index contributed by atoms with van der Waals surface area (Å²) >= 11 is 1.17. The lowest BCUT2D eigenvalue weighted by molar-refractivity contribution is -0.117. The molecule has 164 valence electrons. The summed E-state index contributed by atoms with van der Waals surface area (Å²) in [6.07, 6.45) is 2.83. The third-order valence-electron chi connectivity index (χ3n) is 5.37. The van der Waals surface area contributed by atoms with E-state index in [1.165, 1.54) is 48.0 Å². The number of aromatic nitrogens is 2. The molecular weight excluding hydrogens is 445 g/mol. The number of Topliss-reactive ketones (excluding diaryl/α,β-unsaturated/α-hetero) is 1. The maximum Gasteiger partial charge on any atom is 0.296 e. The Morgan fingerprint density at radius 2 is 2.00 bits per heavy atom. The summed E-state index contributed by atoms with van der Waals surface area (Å²) in [6.45, 7) is 0. The van der Waals surface area contributed by atoms with Crippen molar-refractivity contribution >= 4 is 38.4 Å². The van der Waals surface area contributed by atoms with Crippen LogP contribution in [0.2, 0.25) is 0 Å². The zero-order chi connectivity index (χ0) is 23.1. The summed E-state index contributed by atoms with van der Waals surface area (Å²) in [5.41, 5.74) is 0.611. The molecule has 7 nitrogen and oxygen atoms in total. The monoisotopic (exact) mass is 461 g/mol. The first-order valence-corrected chi connectivity index (χ1v) is 10.7. The molecule has 1 aliphatic heterocycles. The highest BCUT2D eigenvalue weighted by Crippen LogP contribution is 2.45. The summed E-state index contributed by atoms with van der Waals surface area (Å²) in [7, 11) is 1.54. The van der Waals surface area contributed by atoms with Crippen LogP contribution in [0.1, 0.15) is 22.0 Å². The third kappa shape index (κ3) is 3.42. The highest BCUT2D eigenvalue weighted by molar-refractivity contribution is 7.22. The van der Waals surface area contributed by atoms with Crippen LogP contribution in [0, 0.1) is 5.82 Å². The molecule has 1 unspecified atom stereocenters. The summed E-state index contributed by atoms with van der Waals surface area (Å²) in [5.74, 6) is -2.19. The Labute approximate surface area is 191 Å². The fourth-order valence-corrected chi connectivity index (χ4v) is 4.82. The van der Waals surface area contributed by atoms with E-state index in [1.54, 1.807) is 37.4 Å². The van der Waals surface area contributed by atoms with Gasteiger partial charge in [-0.3, -0.25) is 19.5 Å². The average molecular weight is 461 g/mol. The Balaban J connectivity index is 1.69. The summed E-state index contributed by atoms with van der Waals surface area (Å²) in [6, 6.07) is 13.0. The van der Waals surface area contributed by atoms with E-state index in [1.807, 2.05) is 0 Å². The van der Waals surface area contributed by atoms with Crippen molar-refractivity contribution in [2.24, 2.45) is 0 Å². The van der Waals surface area contributed by atoms with Crippen LogP contribution in [0.4, 0.5) is 9.52 Å². The number of methoxy groups -OCH3 is 1. The number of aliphatic hydroxyl groups excluding tert-OH is 1. The van der Waals surface area contributed by atoms with Gasteiger partial charge in [0.1, 0.15) is 17.6 Å². The van der Waals surface area contributed by atoms with Crippen LogP contribution in [0.3, 0.4) is 0 Å². The van der Waals surface area contributed by atoms with Gasteiger partial charge in [-0.2, -0.15) is 0 Å². The maximum absolute atomic E-state index is 14.9. The van der Waals surface area contributed by atoms with Gasteiger partial charge >= 0.3 is 0 Å². The minimum absolute atomic E-state index is 0.0685. The lowest BCUT2D eigenvalue weighted by Gasteiger charge is -2.24. The van der Waals surface area contributed by atoms with Crippen LogP contribution >= 0.6 is 11.3 Å². The molecule has 4 aromatic rings. The number of fused-ring (bicyclic) bond motifs is 1. The van der Waals surface area contributed by atoms with E-state index in [2.05, 4.69) is 9.97 Å². The van der Waals surface area contributed by atoms with Crippen molar-refractivity contribution in [2.45, 2.75) is 6.04 Å². The second-order valence-corrected chi connectivity index (χ2v) is 8.27. The predicted octanol–water partition coefficient (Wildman–Crippen LogP) is 4.62. The molecule has 1 amide bonds. The Morgan fingerprint density at radius 3 is 2.73 bits per heavy atom. The number of benzene rings is 2. The van der Waals surface area contributed by atoms with E-state index < -0.39 is 29.3 Å². The number of anilines is 1. The number of hydrogen-bond donors (Lipinski definition) is 1. The number of aliphatic hydroxyl groups is 1. The molecule has 9 heteroatoms. The molecule has 2 aromatic heterocycles. The van der Waals surface area contributed by atoms with Gasteiger partial charge < -0.3 is 9.84 Å². The first-order valence-electron chi connectivity index (χ1n) is 9.90. The molecule has 1 aliphatic rings. The van der Waals surface area contributed by atoms with Crippen molar-refractivity contribution in [1.82, 2.24) is 9.97 Å². The second kappa shape index (κ2) is 8.10. The molecule has 5 rings (SSSR count). The van der Waals surface area contributed by atoms with Crippen LogP contribution in [0.25, 0.3) is 10.2 Å². The van der Waals surface area contributed by atoms with Crippen LogP contribution < -0.4 is 9.64 Å². The van der Waals surface area contributed by atoms with Crippen molar-refractivity contribution in [2.75, 3.05) is 12.0 Å². The van der Waals surface area contributed by atoms with Crippen LogP contribution in [-0.2, 0) is 4.79 Å². The number of ether oxygens (including phenoxy) is 1. The van der Waals surface area contributed by atoms with E-state index in [4.69, 9.17) is 4.74 Å². The standard InChI is InChI=1S/C24H16FN3O4S/c1-32-14-8-9-17-18(11-14)33-24(27-17)28-20(15-6-2-3-7-16(15)25)19(22(30)23(28)31)21(29)13-5-4-10-26-12-13/h2-12,20,30H,1H3. The topological polar surface area (TPSA) is 92.6 Å². The molecule has 0 aliphatic carbocycles. The molecule has 0 bridgehead atoms. The summed E-state index contributed by atoms with van der Waals surface area (Å²) in [4.78, 5) is 36.2. The van der Waals surface area contributed by atoms with Gasteiger partial charge in [0.2, 0.25) is 0 Å². The van der Waals surface area contributed by atoms with Crippen molar-refractivity contribution < 1.29 is 23.8 Å². The third-order valence-corrected chi connectivity index (χ3v) is 6.38. The molecule has 2 aromatic carbocycles. The lowest BCUT2D eigenvalue weighted by Crippen LogP contribution is -2.31. The van der Waals surface area contributed by atoms with Crippen molar-refractivity contribution in [3.63, 3.8) is 0 Å². The number of carbonyl (C=O) groups is 2. The summed E-state index contributed by atoms with van der Waals surface area (Å²) in [5, 5.41) is 11.0. The van der Waals surface area contributed by atoms with Gasteiger partial charge in [0, 0.05) is 23.5 Å². The lowest BCUT2D eigenvalue weighted by atomic mass is 9.93. The Bertz CT molecular complexity index is 1430. The molecule has 1 atom stereocenters.